The summed E-state index contributed by atoms with van der Waals surface area (Å²) in [5.41, 5.74) is 0.556. The molecule has 1 aromatic rings. The summed E-state index contributed by atoms with van der Waals surface area (Å²) in [6, 6.07) is 4.09. The second-order valence-corrected chi connectivity index (χ2v) is 4.83. The number of allylic oxidation sites excluding steroid dienone is 2. The van der Waals surface area contributed by atoms with Crippen molar-refractivity contribution in [2.45, 2.75) is 12.2 Å². The van der Waals surface area contributed by atoms with E-state index in [9.17, 15) is 20.0 Å². The number of benzene rings is 1. The maximum atomic E-state index is 11.1. The summed E-state index contributed by atoms with van der Waals surface area (Å²) in [4.78, 5) is 21.4. The van der Waals surface area contributed by atoms with Gasteiger partial charge in [-0.1, -0.05) is 18.2 Å². The Morgan fingerprint density at radius 2 is 2.09 bits per heavy atom. The van der Waals surface area contributed by atoms with Gasteiger partial charge in [0.2, 0.25) is 6.10 Å². The van der Waals surface area contributed by atoms with Gasteiger partial charge in [-0.25, -0.2) is 4.79 Å². The highest BCUT2D eigenvalue weighted by Crippen LogP contribution is 2.22. The van der Waals surface area contributed by atoms with E-state index in [1.54, 1.807) is 24.3 Å². The number of carbonyl (C=O) groups is 1. The smallest absolute Gasteiger partial charge is 0.340 e. The summed E-state index contributed by atoms with van der Waals surface area (Å²) in [6.07, 6.45) is 4.63. The number of aliphatic hydroxyl groups excluding tert-OH is 1. The van der Waals surface area contributed by atoms with Crippen LogP contribution in [-0.4, -0.2) is 33.3 Å². The lowest BCUT2D eigenvalue weighted by Gasteiger charge is -2.26. The fourth-order valence-corrected chi connectivity index (χ4v) is 2.49. The van der Waals surface area contributed by atoms with Gasteiger partial charge in [-0.2, -0.15) is 0 Å². The van der Waals surface area contributed by atoms with Crippen molar-refractivity contribution in [3.05, 3.63) is 63.1 Å². The number of nitrogens with zero attached hydrogens (tertiary/aromatic N) is 1. The third-order valence-electron chi connectivity index (χ3n) is 3.51. The maximum absolute atomic E-state index is 11.1. The zero-order valence-corrected chi connectivity index (χ0v) is 11.2. The van der Waals surface area contributed by atoms with Crippen molar-refractivity contribution < 1.29 is 24.7 Å². The summed E-state index contributed by atoms with van der Waals surface area (Å²) in [5, 5.41) is 30.6. The number of carboxylic acids is 1. The van der Waals surface area contributed by atoms with Crippen molar-refractivity contribution in [1.29, 1.82) is 0 Å². The summed E-state index contributed by atoms with van der Waals surface area (Å²) in [7, 11) is 0. The second-order valence-electron chi connectivity index (χ2n) is 4.83. The number of carboxylic acid groups (broad SMARTS) is 1. The largest absolute Gasteiger partial charge is 0.482 e. The molecule has 7 heteroatoms. The van der Waals surface area contributed by atoms with Gasteiger partial charge in [0.1, 0.15) is 11.9 Å². The molecule has 3 rings (SSSR count). The molecule has 1 aromatic carbocycles. The molecule has 1 heterocycles. The summed E-state index contributed by atoms with van der Waals surface area (Å²) >= 11 is 0. The number of nitro benzene ring substituents is 1. The predicted octanol–water partition coefficient (Wildman–Crippen LogP) is -0.176. The van der Waals surface area contributed by atoms with Crippen LogP contribution in [0.15, 0.2) is 42.5 Å². The number of aliphatic hydroxyl groups is 1. The van der Waals surface area contributed by atoms with Gasteiger partial charge in [0.25, 0.3) is 5.69 Å². The van der Waals surface area contributed by atoms with Crippen LogP contribution in [-0.2, 0) is 9.53 Å². The number of ether oxygens (including phenoxy) is 1. The molecule has 2 atom stereocenters. The van der Waals surface area contributed by atoms with Gasteiger partial charge in [0, 0.05) is 22.9 Å². The van der Waals surface area contributed by atoms with Crippen LogP contribution in [0.3, 0.4) is 0 Å². The van der Waals surface area contributed by atoms with E-state index in [4.69, 9.17) is 9.84 Å². The minimum absolute atomic E-state index is 0.195. The van der Waals surface area contributed by atoms with Crippen molar-refractivity contribution in [1.82, 2.24) is 0 Å². The molecule has 22 heavy (non-hydrogen) atoms. The van der Waals surface area contributed by atoms with Gasteiger partial charge in [0.05, 0.1) is 4.92 Å². The van der Waals surface area contributed by atoms with Crippen LogP contribution in [0.4, 0.5) is 5.69 Å². The van der Waals surface area contributed by atoms with Gasteiger partial charge in [-0.05, 0) is 17.4 Å². The first-order chi connectivity index (χ1) is 10.5. The Morgan fingerprint density at radius 3 is 2.77 bits per heavy atom. The van der Waals surface area contributed by atoms with Crippen LogP contribution in [0.25, 0.3) is 11.3 Å². The SMILES string of the molecule is O=C(O)C(O)C1=c2cc([N+](=O)[O-])ccc2=C2C=CC=CC2O1. The molecular weight excluding hydrogens is 290 g/mol. The lowest BCUT2D eigenvalue weighted by molar-refractivity contribution is -0.385. The van der Waals surface area contributed by atoms with Crippen LogP contribution < -0.4 is 10.4 Å². The molecule has 112 valence electrons. The molecule has 0 aromatic heterocycles. The zero-order chi connectivity index (χ0) is 15.9. The Hall–Kier alpha value is -2.93. The molecule has 0 fully saturated rings. The highest BCUT2D eigenvalue weighted by atomic mass is 16.6. The standard InChI is InChI=1S/C15H11NO6/c17-13(15(18)19)14-11-7-8(16(20)21)5-6-9(11)10-3-1-2-4-12(10)22-14/h1-7,12-13,17H,(H,18,19). The third kappa shape index (κ3) is 2.17. The van der Waals surface area contributed by atoms with E-state index in [1.807, 2.05) is 0 Å². The zero-order valence-electron chi connectivity index (χ0n) is 11.2. The van der Waals surface area contributed by atoms with Crippen molar-refractivity contribution in [3.8, 4) is 0 Å². The number of non-ortho nitro benzene ring substituents is 1. The molecule has 0 amide bonds. The molecule has 0 saturated carbocycles. The molecule has 2 unspecified atom stereocenters. The number of hydrogen-bond donors (Lipinski definition) is 2. The van der Waals surface area contributed by atoms with E-state index in [-0.39, 0.29) is 16.7 Å². The van der Waals surface area contributed by atoms with Gasteiger partial charge < -0.3 is 14.9 Å². The summed E-state index contributed by atoms with van der Waals surface area (Å²) < 4.78 is 5.56. The Bertz CT molecular complexity index is 851. The molecule has 0 radical (unpaired) electrons. The molecule has 0 bridgehead atoms. The third-order valence-corrected chi connectivity index (χ3v) is 3.51. The van der Waals surface area contributed by atoms with Gasteiger partial charge in [-0.15, -0.1) is 0 Å². The number of hydrogen-bond acceptors (Lipinski definition) is 5. The van der Waals surface area contributed by atoms with Crippen LogP contribution in [0.1, 0.15) is 0 Å². The van der Waals surface area contributed by atoms with Gasteiger partial charge >= 0.3 is 5.97 Å². The molecule has 7 nitrogen and oxygen atoms in total. The molecule has 1 aliphatic carbocycles. The van der Waals surface area contributed by atoms with Crippen molar-refractivity contribution in [2.24, 2.45) is 0 Å². The lowest BCUT2D eigenvalue weighted by atomic mass is 9.96. The Balaban J connectivity index is 2.38. The van der Waals surface area contributed by atoms with E-state index >= 15 is 0 Å². The molecule has 1 aliphatic heterocycles. The fourth-order valence-electron chi connectivity index (χ4n) is 2.49. The van der Waals surface area contributed by atoms with Crippen molar-refractivity contribution >= 4 is 23.0 Å². The topological polar surface area (TPSA) is 110 Å². The fraction of sp³-hybridized carbons (Fsp3) is 0.133. The number of rotatable bonds is 3. The molecule has 2 N–H and O–H groups in total. The van der Waals surface area contributed by atoms with Crippen molar-refractivity contribution in [3.63, 3.8) is 0 Å². The van der Waals surface area contributed by atoms with Crippen LogP contribution in [0.2, 0.25) is 0 Å². The summed E-state index contributed by atoms with van der Waals surface area (Å²) in [5.74, 6) is -1.67. The number of aliphatic carboxylic acids is 1. The average molecular weight is 301 g/mol. The minimum atomic E-state index is -1.89. The van der Waals surface area contributed by atoms with Crippen LogP contribution in [0.5, 0.6) is 0 Å². The van der Waals surface area contributed by atoms with E-state index in [2.05, 4.69) is 0 Å². The average Bonchev–Trinajstić information content (AvgIpc) is 2.52. The summed E-state index contributed by atoms with van der Waals surface area (Å²) in [6.45, 7) is 0. The monoisotopic (exact) mass is 301 g/mol. The Kier molecular flexibility index (Phi) is 3.26. The molecular formula is C15H11NO6. The predicted molar refractivity (Wildman–Crippen MR) is 76.0 cm³/mol. The Morgan fingerprint density at radius 1 is 1.32 bits per heavy atom. The first-order valence-electron chi connectivity index (χ1n) is 6.44. The molecule has 0 spiro atoms. The normalized spacial score (nSPS) is 20.0. The highest BCUT2D eigenvalue weighted by Gasteiger charge is 2.29. The number of nitro groups is 1. The Labute approximate surface area is 123 Å². The lowest BCUT2D eigenvalue weighted by Crippen LogP contribution is -2.43. The second kappa shape index (κ2) is 5.12. The van der Waals surface area contributed by atoms with E-state index < -0.39 is 23.1 Å². The van der Waals surface area contributed by atoms with E-state index in [0.29, 0.717) is 5.22 Å². The van der Waals surface area contributed by atoms with Gasteiger partial charge in [-0.3, -0.25) is 10.1 Å². The molecule has 0 saturated heterocycles. The van der Waals surface area contributed by atoms with E-state index in [0.717, 1.165) is 5.57 Å². The first-order valence-corrected chi connectivity index (χ1v) is 6.44. The van der Waals surface area contributed by atoms with E-state index in [1.165, 1.54) is 18.2 Å². The quantitative estimate of drug-likeness (QED) is 0.592. The maximum Gasteiger partial charge on any atom is 0.340 e. The number of fused-ring (bicyclic) bond motifs is 2. The van der Waals surface area contributed by atoms with Crippen LogP contribution >= 0.6 is 0 Å². The van der Waals surface area contributed by atoms with Gasteiger partial charge in [0.15, 0.2) is 0 Å². The van der Waals surface area contributed by atoms with Crippen LogP contribution in [0, 0.1) is 10.1 Å². The highest BCUT2D eigenvalue weighted by molar-refractivity contribution is 5.84. The minimum Gasteiger partial charge on any atom is -0.482 e. The van der Waals surface area contributed by atoms with Crippen molar-refractivity contribution in [2.75, 3.05) is 0 Å². The first kappa shape index (κ1) is 14.0. The molecule has 2 aliphatic rings.